The van der Waals surface area contributed by atoms with Crippen LogP contribution in [0, 0.1) is 0 Å². The Morgan fingerprint density at radius 1 is 1.00 bits per heavy atom. The number of para-hydroxylation sites is 2. The number of benzene rings is 2. The fourth-order valence-corrected chi connectivity index (χ4v) is 5.21. The lowest BCUT2D eigenvalue weighted by Crippen LogP contribution is -2.55. The molecular formula is C21H24N2O7S. The third kappa shape index (κ3) is 4.13. The highest BCUT2D eigenvalue weighted by molar-refractivity contribution is 7.89. The Morgan fingerprint density at radius 2 is 1.71 bits per heavy atom. The molecule has 2 heterocycles. The van der Waals surface area contributed by atoms with E-state index in [2.05, 4.69) is 0 Å². The summed E-state index contributed by atoms with van der Waals surface area (Å²) in [7, 11) is -0.928. The van der Waals surface area contributed by atoms with E-state index in [0.29, 0.717) is 17.2 Å². The summed E-state index contributed by atoms with van der Waals surface area (Å²) in [6, 6.07) is 11.8. The van der Waals surface area contributed by atoms with Gasteiger partial charge in [0, 0.05) is 32.2 Å². The Bertz CT molecular complexity index is 1070. The van der Waals surface area contributed by atoms with Crippen molar-refractivity contribution in [2.45, 2.75) is 11.0 Å². The van der Waals surface area contributed by atoms with Gasteiger partial charge in [-0.25, -0.2) is 8.42 Å². The van der Waals surface area contributed by atoms with Gasteiger partial charge in [0.1, 0.15) is 23.0 Å². The van der Waals surface area contributed by atoms with Gasteiger partial charge in [0.05, 0.1) is 14.2 Å². The smallest absolute Gasteiger partial charge is 0.267 e. The minimum absolute atomic E-state index is 0.0368. The number of nitrogens with zero attached hydrogens (tertiary/aromatic N) is 2. The third-order valence-electron chi connectivity index (χ3n) is 5.32. The van der Waals surface area contributed by atoms with Crippen molar-refractivity contribution in [2.24, 2.45) is 0 Å². The minimum Gasteiger partial charge on any atom is -0.497 e. The number of hydrogen-bond donors (Lipinski definition) is 0. The molecule has 0 aromatic heterocycles. The van der Waals surface area contributed by atoms with E-state index in [1.54, 1.807) is 29.2 Å². The molecule has 2 aliphatic heterocycles. The summed E-state index contributed by atoms with van der Waals surface area (Å²) >= 11 is 0. The molecule has 2 aromatic rings. The maximum Gasteiger partial charge on any atom is 0.267 e. The van der Waals surface area contributed by atoms with Crippen molar-refractivity contribution in [3.63, 3.8) is 0 Å². The van der Waals surface area contributed by atoms with Crippen molar-refractivity contribution >= 4 is 15.9 Å². The van der Waals surface area contributed by atoms with Gasteiger partial charge in [-0.3, -0.25) is 4.79 Å². The average molecular weight is 448 g/mol. The molecule has 1 saturated heterocycles. The number of carbonyl (C=O) groups is 1. The highest BCUT2D eigenvalue weighted by Crippen LogP contribution is 2.33. The molecule has 1 amide bonds. The van der Waals surface area contributed by atoms with Gasteiger partial charge in [-0.15, -0.1) is 0 Å². The molecule has 2 aromatic carbocycles. The lowest BCUT2D eigenvalue weighted by atomic mass is 10.2. The van der Waals surface area contributed by atoms with Crippen molar-refractivity contribution in [3.05, 3.63) is 42.5 Å². The number of rotatable bonds is 5. The van der Waals surface area contributed by atoms with Gasteiger partial charge in [0.25, 0.3) is 5.91 Å². The van der Waals surface area contributed by atoms with Crippen LogP contribution in [0.15, 0.2) is 47.4 Å². The minimum atomic E-state index is -3.82. The van der Waals surface area contributed by atoms with Gasteiger partial charge in [0.15, 0.2) is 11.5 Å². The summed E-state index contributed by atoms with van der Waals surface area (Å²) in [5, 5.41) is 0. The highest BCUT2D eigenvalue weighted by atomic mass is 32.2. The average Bonchev–Trinajstić information content (AvgIpc) is 2.82. The number of piperazine rings is 1. The number of hydrogen-bond acceptors (Lipinski definition) is 7. The first-order chi connectivity index (χ1) is 14.9. The van der Waals surface area contributed by atoms with E-state index in [-0.39, 0.29) is 49.3 Å². The maximum atomic E-state index is 13.2. The molecule has 0 radical (unpaired) electrons. The van der Waals surface area contributed by atoms with Crippen molar-refractivity contribution in [3.8, 4) is 23.0 Å². The number of sulfonamides is 1. The number of fused-ring (bicyclic) bond motifs is 1. The first-order valence-corrected chi connectivity index (χ1v) is 11.3. The predicted molar refractivity (Wildman–Crippen MR) is 111 cm³/mol. The molecule has 0 bridgehead atoms. The molecule has 31 heavy (non-hydrogen) atoms. The first-order valence-electron chi connectivity index (χ1n) is 9.83. The summed E-state index contributed by atoms with van der Waals surface area (Å²) in [4.78, 5) is 14.5. The van der Waals surface area contributed by atoms with Crippen molar-refractivity contribution < 1.29 is 32.2 Å². The van der Waals surface area contributed by atoms with Crippen LogP contribution in [0.25, 0.3) is 0 Å². The number of methoxy groups -OCH3 is 2. The van der Waals surface area contributed by atoms with Crippen molar-refractivity contribution in [1.82, 2.24) is 9.21 Å². The normalized spacial score (nSPS) is 19.0. The number of amides is 1. The molecule has 0 N–H and O–H groups in total. The van der Waals surface area contributed by atoms with Crippen LogP contribution in [0.1, 0.15) is 0 Å². The molecule has 1 atom stereocenters. The van der Waals surface area contributed by atoms with E-state index < -0.39 is 16.1 Å². The van der Waals surface area contributed by atoms with Crippen molar-refractivity contribution in [2.75, 3.05) is 47.0 Å². The molecule has 4 rings (SSSR count). The van der Waals surface area contributed by atoms with Gasteiger partial charge >= 0.3 is 0 Å². The van der Waals surface area contributed by atoms with Crippen molar-refractivity contribution in [1.29, 1.82) is 0 Å². The first kappa shape index (κ1) is 21.3. The second kappa shape index (κ2) is 8.64. The summed E-state index contributed by atoms with van der Waals surface area (Å²) < 4.78 is 49.5. The van der Waals surface area contributed by atoms with E-state index in [9.17, 15) is 13.2 Å². The monoisotopic (exact) mass is 448 g/mol. The Balaban J connectivity index is 1.43. The van der Waals surface area contributed by atoms with Crippen LogP contribution in [0.3, 0.4) is 0 Å². The van der Waals surface area contributed by atoms with Gasteiger partial charge in [-0.1, -0.05) is 12.1 Å². The predicted octanol–water partition coefficient (Wildman–Crippen LogP) is 1.38. The zero-order valence-corrected chi connectivity index (χ0v) is 18.1. The third-order valence-corrected chi connectivity index (χ3v) is 7.24. The molecule has 1 unspecified atom stereocenters. The molecule has 10 heteroatoms. The molecule has 9 nitrogen and oxygen atoms in total. The van der Waals surface area contributed by atoms with Crippen LogP contribution >= 0.6 is 0 Å². The van der Waals surface area contributed by atoms with Crippen LogP contribution in [0.5, 0.6) is 23.0 Å². The maximum absolute atomic E-state index is 13.2. The SMILES string of the molecule is COc1ccc(OC)c(S(=O)(=O)N2CCN(C(=O)C3COc4ccccc4O3)CC2)c1. The van der Waals surface area contributed by atoms with E-state index in [1.165, 1.54) is 24.6 Å². The Morgan fingerprint density at radius 3 is 2.39 bits per heavy atom. The van der Waals surface area contributed by atoms with Crippen LogP contribution < -0.4 is 18.9 Å². The fraction of sp³-hybridized carbons (Fsp3) is 0.381. The quantitative estimate of drug-likeness (QED) is 0.682. The Kier molecular flexibility index (Phi) is 5.92. The molecule has 0 spiro atoms. The highest BCUT2D eigenvalue weighted by Gasteiger charge is 2.36. The number of ether oxygens (including phenoxy) is 4. The second-order valence-electron chi connectivity index (χ2n) is 7.11. The lowest BCUT2D eigenvalue weighted by Gasteiger charge is -2.36. The van der Waals surface area contributed by atoms with E-state index in [1.807, 2.05) is 12.1 Å². The molecular weight excluding hydrogens is 424 g/mol. The summed E-state index contributed by atoms with van der Waals surface area (Å²) in [5.74, 6) is 1.58. The summed E-state index contributed by atoms with van der Waals surface area (Å²) in [6.07, 6.45) is -0.753. The van der Waals surface area contributed by atoms with Crippen LogP contribution in [-0.2, 0) is 14.8 Å². The molecule has 2 aliphatic rings. The number of carbonyl (C=O) groups excluding carboxylic acids is 1. The molecule has 166 valence electrons. The van der Waals surface area contributed by atoms with Gasteiger partial charge in [0.2, 0.25) is 16.1 Å². The van der Waals surface area contributed by atoms with Crippen LogP contribution in [0.2, 0.25) is 0 Å². The lowest BCUT2D eigenvalue weighted by molar-refractivity contribution is -0.142. The largest absolute Gasteiger partial charge is 0.497 e. The Hall–Kier alpha value is -2.98. The molecule has 0 saturated carbocycles. The van der Waals surface area contributed by atoms with Crippen LogP contribution in [0.4, 0.5) is 0 Å². The summed E-state index contributed by atoms with van der Waals surface area (Å²) in [5.41, 5.74) is 0. The summed E-state index contributed by atoms with van der Waals surface area (Å²) in [6.45, 7) is 0.963. The fourth-order valence-electron chi connectivity index (χ4n) is 3.62. The second-order valence-corrected chi connectivity index (χ2v) is 9.02. The van der Waals surface area contributed by atoms with Gasteiger partial charge < -0.3 is 23.8 Å². The zero-order valence-electron chi connectivity index (χ0n) is 17.3. The Labute approximate surface area is 181 Å². The van der Waals surface area contributed by atoms with Crippen LogP contribution in [-0.4, -0.2) is 76.6 Å². The van der Waals surface area contributed by atoms with Gasteiger partial charge in [-0.2, -0.15) is 4.31 Å². The van der Waals surface area contributed by atoms with E-state index in [0.717, 1.165) is 0 Å². The zero-order chi connectivity index (χ0) is 22.0. The standard InChI is InChI=1S/C21H24N2O7S/c1-27-15-7-8-18(28-2)20(13-15)31(25,26)23-11-9-22(10-12-23)21(24)19-14-29-16-5-3-4-6-17(16)30-19/h3-8,13,19H,9-12,14H2,1-2H3. The van der Waals surface area contributed by atoms with Gasteiger partial charge in [-0.05, 0) is 24.3 Å². The van der Waals surface area contributed by atoms with E-state index >= 15 is 0 Å². The van der Waals surface area contributed by atoms with E-state index in [4.69, 9.17) is 18.9 Å². The topological polar surface area (TPSA) is 94.6 Å². The molecule has 0 aliphatic carbocycles. The molecule has 1 fully saturated rings.